The first kappa shape index (κ1) is 42.2. The van der Waals surface area contributed by atoms with E-state index < -0.39 is 0 Å². The minimum atomic E-state index is -0.208. The van der Waals surface area contributed by atoms with Gasteiger partial charge in [0.15, 0.2) is 0 Å². The zero-order valence-corrected chi connectivity index (χ0v) is 36.5. The molecule has 0 saturated carbocycles. The van der Waals surface area contributed by atoms with Gasteiger partial charge >= 0.3 is 11.9 Å². The molecule has 0 aliphatic heterocycles. The number of aryl methyl sites for hydroxylation is 4. The Hall–Kier alpha value is -4.96. The van der Waals surface area contributed by atoms with E-state index in [0.717, 1.165) is 68.5 Å². The zero-order valence-electron chi connectivity index (χ0n) is 36.5. The molecule has 0 aromatic heterocycles. The summed E-state index contributed by atoms with van der Waals surface area (Å²) in [5.41, 5.74) is 23.3. The van der Waals surface area contributed by atoms with Gasteiger partial charge in [-0.25, -0.2) is 0 Å². The van der Waals surface area contributed by atoms with Crippen LogP contribution in [0.5, 0.6) is 11.5 Å². The summed E-state index contributed by atoms with van der Waals surface area (Å²) in [6.45, 7) is 30.2. The van der Waals surface area contributed by atoms with Crippen molar-refractivity contribution in [2.24, 2.45) is 0 Å². The Labute approximate surface area is 336 Å². The van der Waals surface area contributed by atoms with Gasteiger partial charge in [0.1, 0.15) is 11.5 Å². The molecular weight excluding hydrogens is 689 g/mol. The predicted octanol–water partition coefficient (Wildman–Crippen LogP) is 12.9. The number of benzene rings is 5. The predicted molar refractivity (Wildman–Crippen MR) is 234 cm³/mol. The van der Waals surface area contributed by atoms with Crippen molar-refractivity contribution in [2.45, 2.75) is 135 Å². The molecule has 0 saturated heterocycles. The summed E-state index contributed by atoms with van der Waals surface area (Å²) < 4.78 is 12.3. The summed E-state index contributed by atoms with van der Waals surface area (Å²) in [5.74, 6) is 0.944. The maximum absolute atomic E-state index is 13.2. The Balaban J connectivity index is 1.46. The number of rotatable bonds is 12. The van der Waals surface area contributed by atoms with E-state index in [1.807, 2.05) is 0 Å². The van der Waals surface area contributed by atoms with Gasteiger partial charge in [0.2, 0.25) is 0 Å². The number of hydrogen-bond donors (Lipinski definition) is 0. The lowest BCUT2D eigenvalue weighted by molar-refractivity contribution is -0.135. The Morgan fingerprint density at radius 2 is 0.571 bits per heavy atom. The fourth-order valence-corrected chi connectivity index (χ4v) is 8.38. The van der Waals surface area contributed by atoms with Crippen molar-refractivity contribution in [3.05, 3.63) is 138 Å². The average Bonchev–Trinajstić information content (AvgIpc) is 3.20. The van der Waals surface area contributed by atoms with Crippen LogP contribution < -0.4 is 9.47 Å². The molecule has 0 fully saturated rings. The Morgan fingerprint density at radius 1 is 0.357 bits per heavy atom. The highest BCUT2D eigenvalue weighted by Gasteiger charge is 2.27. The molecule has 0 heterocycles. The van der Waals surface area contributed by atoms with Crippen LogP contribution in [-0.4, -0.2) is 11.9 Å². The van der Waals surface area contributed by atoms with Crippen LogP contribution in [0.1, 0.15) is 116 Å². The molecule has 5 rings (SSSR count). The molecule has 56 heavy (non-hydrogen) atoms. The summed E-state index contributed by atoms with van der Waals surface area (Å²) in [7, 11) is 0. The van der Waals surface area contributed by atoms with Crippen molar-refractivity contribution in [2.75, 3.05) is 0 Å². The quantitative estimate of drug-likeness (QED) is 0.0941. The minimum Gasteiger partial charge on any atom is -0.426 e. The van der Waals surface area contributed by atoms with E-state index in [1.54, 1.807) is 0 Å². The topological polar surface area (TPSA) is 52.6 Å². The van der Waals surface area contributed by atoms with Crippen molar-refractivity contribution < 1.29 is 19.1 Å². The standard InChI is InChI=1S/C52H62O4/c1-15-41-17-21-43(22-18-41)25-27-45(53)55-51-37(11)33(7)49(34(8)38(51)12)47-29(3)31(5)48(32(6)30(47)4)50-35(9)39(13)52(40(14)36(50)10)56-46(54)28-26-44-23-19-42(16-2)20-24-44/h17-24H,15-16,25-28H2,1-14H3. The normalized spacial score (nSPS) is 11.2. The molecule has 0 N–H and O–H groups in total. The summed E-state index contributed by atoms with van der Waals surface area (Å²) in [4.78, 5) is 26.4. The smallest absolute Gasteiger partial charge is 0.311 e. The molecule has 0 aliphatic carbocycles. The first-order chi connectivity index (χ1) is 26.5. The number of carbonyl (C=O) groups is 2. The SMILES string of the molecule is CCc1ccc(CCC(=O)Oc2c(C)c(C)c(-c3c(C)c(C)c(-c4c(C)c(C)c(OC(=O)CCc5ccc(CC)cc5)c(C)c4C)c(C)c3C)c(C)c2C)cc1. The van der Waals surface area contributed by atoms with E-state index in [-0.39, 0.29) is 11.9 Å². The van der Waals surface area contributed by atoms with E-state index in [9.17, 15) is 9.59 Å². The molecular formula is C52H62O4. The van der Waals surface area contributed by atoms with Crippen molar-refractivity contribution in [3.8, 4) is 33.8 Å². The fraction of sp³-hybridized carbons (Fsp3) is 0.385. The molecule has 5 aromatic rings. The highest BCUT2D eigenvalue weighted by atomic mass is 16.5. The summed E-state index contributed by atoms with van der Waals surface area (Å²) >= 11 is 0. The maximum Gasteiger partial charge on any atom is 0.311 e. The van der Waals surface area contributed by atoms with Gasteiger partial charge in [0.05, 0.1) is 0 Å². The van der Waals surface area contributed by atoms with Gasteiger partial charge in [-0.05, 0) is 220 Å². The molecule has 294 valence electrons. The molecule has 0 unspecified atom stereocenters. The van der Waals surface area contributed by atoms with Gasteiger partial charge < -0.3 is 9.47 Å². The third-order valence-electron chi connectivity index (χ3n) is 12.8. The van der Waals surface area contributed by atoms with Crippen molar-refractivity contribution >= 4 is 11.9 Å². The molecule has 0 aliphatic rings. The Kier molecular flexibility index (Phi) is 13.1. The largest absolute Gasteiger partial charge is 0.426 e. The van der Waals surface area contributed by atoms with Crippen LogP contribution in [0, 0.1) is 83.1 Å². The van der Waals surface area contributed by atoms with E-state index in [2.05, 4.69) is 145 Å². The Morgan fingerprint density at radius 3 is 0.804 bits per heavy atom. The number of ether oxygens (including phenoxy) is 2. The Bertz CT molecular complexity index is 2050. The highest BCUT2D eigenvalue weighted by Crippen LogP contribution is 2.47. The van der Waals surface area contributed by atoms with Gasteiger partial charge in [0.25, 0.3) is 0 Å². The lowest BCUT2D eigenvalue weighted by atomic mass is 9.77. The number of esters is 2. The maximum atomic E-state index is 13.2. The summed E-state index contributed by atoms with van der Waals surface area (Å²) in [6, 6.07) is 17.0. The molecule has 5 aromatic carbocycles. The lowest BCUT2D eigenvalue weighted by Gasteiger charge is -2.28. The minimum absolute atomic E-state index is 0.208. The number of carbonyl (C=O) groups excluding carboxylic acids is 2. The van der Waals surface area contributed by atoms with Gasteiger partial charge in [-0.15, -0.1) is 0 Å². The van der Waals surface area contributed by atoms with Gasteiger partial charge in [-0.1, -0.05) is 62.4 Å². The molecule has 0 bridgehead atoms. The zero-order chi connectivity index (χ0) is 41.2. The van der Waals surface area contributed by atoms with Crippen molar-refractivity contribution in [3.63, 3.8) is 0 Å². The van der Waals surface area contributed by atoms with Gasteiger partial charge in [0, 0.05) is 12.8 Å². The highest BCUT2D eigenvalue weighted by molar-refractivity contribution is 5.90. The van der Waals surface area contributed by atoms with Gasteiger partial charge in [-0.2, -0.15) is 0 Å². The molecule has 4 nitrogen and oxygen atoms in total. The van der Waals surface area contributed by atoms with E-state index >= 15 is 0 Å². The van der Waals surface area contributed by atoms with Crippen LogP contribution in [0.2, 0.25) is 0 Å². The first-order valence-corrected chi connectivity index (χ1v) is 20.4. The molecule has 0 radical (unpaired) electrons. The van der Waals surface area contributed by atoms with E-state index in [4.69, 9.17) is 9.47 Å². The second-order valence-corrected chi connectivity index (χ2v) is 15.9. The molecule has 4 heteroatoms. The monoisotopic (exact) mass is 750 g/mol. The van der Waals surface area contributed by atoms with E-state index in [1.165, 1.54) is 55.6 Å². The van der Waals surface area contributed by atoms with Crippen LogP contribution in [-0.2, 0) is 35.3 Å². The third kappa shape index (κ3) is 8.26. The second kappa shape index (κ2) is 17.5. The molecule has 0 spiro atoms. The number of hydrogen-bond acceptors (Lipinski definition) is 4. The summed E-state index contributed by atoms with van der Waals surface area (Å²) in [5, 5.41) is 0. The van der Waals surface area contributed by atoms with Crippen LogP contribution >= 0.6 is 0 Å². The van der Waals surface area contributed by atoms with Crippen LogP contribution in [0.3, 0.4) is 0 Å². The lowest BCUT2D eigenvalue weighted by Crippen LogP contribution is -2.13. The van der Waals surface area contributed by atoms with Crippen LogP contribution in [0.15, 0.2) is 48.5 Å². The third-order valence-corrected chi connectivity index (χ3v) is 12.8. The second-order valence-electron chi connectivity index (χ2n) is 15.9. The average molecular weight is 751 g/mol. The van der Waals surface area contributed by atoms with E-state index in [0.29, 0.717) is 37.2 Å². The van der Waals surface area contributed by atoms with Gasteiger partial charge in [-0.3, -0.25) is 9.59 Å². The summed E-state index contributed by atoms with van der Waals surface area (Å²) in [6.07, 6.45) is 3.97. The van der Waals surface area contributed by atoms with Crippen molar-refractivity contribution in [1.82, 2.24) is 0 Å². The first-order valence-electron chi connectivity index (χ1n) is 20.4. The van der Waals surface area contributed by atoms with Crippen molar-refractivity contribution in [1.29, 1.82) is 0 Å². The molecule has 0 amide bonds. The van der Waals surface area contributed by atoms with Crippen LogP contribution in [0.25, 0.3) is 22.3 Å². The van der Waals surface area contributed by atoms with Crippen LogP contribution in [0.4, 0.5) is 0 Å². The molecule has 0 atom stereocenters. The fourth-order valence-electron chi connectivity index (χ4n) is 8.38.